The van der Waals surface area contributed by atoms with Crippen LogP contribution in [-0.4, -0.2) is 40.2 Å². The number of rotatable bonds is 5. The average molecular weight is 491 g/mol. The fourth-order valence-corrected chi connectivity index (χ4v) is 5.22. The van der Waals surface area contributed by atoms with Gasteiger partial charge in [0.2, 0.25) is 11.8 Å². The topological polar surface area (TPSA) is 91.4 Å². The van der Waals surface area contributed by atoms with Crippen molar-refractivity contribution in [3.63, 3.8) is 0 Å². The molecule has 3 amide bonds. The Kier molecular flexibility index (Phi) is 6.68. The van der Waals surface area contributed by atoms with Crippen LogP contribution in [0.1, 0.15) is 48.9 Å². The van der Waals surface area contributed by atoms with Crippen LogP contribution in [0.3, 0.4) is 0 Å². The van der Waals surface area contributed by atoms with Crippen molar-refractivity contribution in [2.75, 3.05) is 17.2 Å². The Morgan fingerprint density at radius 2 is 1.71 bits per heavy atom. The second-order valence-corrected chi connectivity index (χ2v) is 9.68. The van der Waals surface area contributed by atoms with Gasteiger partial charge in [-0.15, -0.1) is 0 Å². The molecule has 1 aliphatic carbocycles. The normalized spacial score (nSPS) is 20.1. The van der Waals surface area contributed by atoms with Crippen LogP contribution in [0.4, 0.5) is 11.5 Å². The lowest BCUT2D eigenvalue weighted by atomic mass is 9.84. The first-order valence-electron chi connectivity index (χ1n) is 12.0. The van der Waals surface area contributed by atoms with Crippen molar-refractivity contribution in [3.8, 4) is 0 Å². The van der Waals surface area contributed by atoms with E-state index in [-0.39, 0.29) is 29.7 Å². The lowest BCUT2D eigenvalue weighted by molar-refractivity contribution is -0.130. The predicted octanol–water partition coefficient (Wildman–Crippen LogP) is 5.26. The molecule has 1 saturated heterocycles. The zero-order chi connectivity index (χ0) is 24.4. The lowest BCUT2D eigenvalue weighted by Gasteiger charge is -2.34. The van der Waals surface area contributed by atoms with Crippen LogP contribution in [0.25, 0.3) is 10.8 Å². The number of benzene rings is 2. The number of hydrogen-bond donors (Lipinski definition) is 2. The summed E-state index contributed by atoms with van der Waals surface area (Å²) in [5.41, 5.74) is 0.835. The number of carbonyl (C=O) groups excluding carboxylic acids is 3. The maximum absolute atomic E-state index is 13.2. The second-order valence-electron chi connectivity index (χ2n) is 9.25. The molecule has 2 fully saturated rings. The van der Waals surface area contributed by atoms with E-state index in [0.717, 1.165) is 49.4 Å². The van der Waals surface area contributed by atoms with Crippen molar-refractivity contribution in [2.24, 2.45) is 5.92 Å². The van der Waals surface area contributed by atoms with Crippen molar-refractivity contribution in [1.82, 2.24) is 9.88 Å². The van der Waals surface area contributed by atoms with Gasteiger partial charge in [-0.1, -0.05) is 35.9 Å². The van der Waals surface area contributed by atoms with E-state index in [0.29, 0.717) is 28.5 Å². The van der Waals surface area contributed by atoms with E-state index >= 15 is 0 Å². The molecule has 0 atom stereocenters. The van der Waals surface area contributed by atoms with Crippen LogP contribution >= 0.6 is 11.6 Å². The first-order valence-corrected chi connectivity index (χ1v) is 12.4. The third-order valence-electron chi connectivity index (χ3n) is 6.98. The van der Waals surface area contributed by atoms with Crippen molar-refractivity contribution in [3.05, 3.63) is 65.3 Å². The first-order chi connectivity index (χ1) is 17.0. The molecule has 2 heterocycles. The van der Waals surface area contributed by atoms with Gasteiger partial charge in [-0.3, -0.25) is 14.4 Å². The number of carbonyl (C=O) groups is 3. The highest BCUT2D eigenvalue weighted by molar-refractivity contribution is 6.30. The summed E-state index contributed by atoms with van der Waals surface area (Å²) in [6.07, 6.45) is 6.14. The molecule has 2 aliphatic rings. The molecule has 35 heavy (non-hydrogen) atoms. The standard InChI is InChI=1S/C27H27ClN4O3/c28-20-9-12-24(29-16-20)31-27(35)22-14-18-4-1-2-5-19(18)15-23(22)30-26(34)17-7-10-21(11-8-17)32-13-3-6-25(32)33/h1-2,4-5,9,12,14-17,21H,3,6-8,10-11,13H2,(H,30,34)(H,29,31,35). The third kappa shape index (κ3) is 5.15. The first kappa shape index (κ1) is 23.3. The Morgan fingerprint density at radius 1 is 0.971 bits per heavy atom. The smallest absolute Gasteiger partial charge is 0.258 e. The number of fused-ring (bicyclic) bond motifs is 1. The van der Waals surface area contributed by atoms with Gasteiger partial charge in [-0.25, -0.2) is 4.98 Å². The quantitative estimate of drug-likeness (QED) is 0.510. The molecule has 1 aliphatic heterocycles. The van der Waals surface area contributed by atoms with Gasteiger partial charge in [0.15, 0.2) is 0 Å². The highest BCUT2D eigenvalue weighted by Crippen LogP contribution is 2.32. The molecule has 7 nitrogen and oxygen atoms in total. The fourth-order valence-electron chi connectivity index (χ4n) is 5.10. The zero-order valence-corrected chi connectivity index (χ0v) is 20.1. The van der Waals surface area contributed by atoms with Crippen molar-refractivity contribution < 1.29 is 14.4 Å². The molecule has 180 valence electrons. The van der Waals surface area contributed by atoms with E-state index in [9.17, 15) is 14.4 Å². The molecule has 8 heteroatoms. The van der Waals surface area contributed by atoms with E-state index in [4.69, 9.17) is 11.6 Å². The number of halogens is 1. The van der Waals surface area contributed by atoms with Crippen molar-refractivity contribution in [2.45, 2.75) is 44.6 Å². The maximum atomic E-state index is 13.2. The molecule has 0 spiro atoms. The summed E-state index contributed by atoms with van der Waals surface area (Å²) in [5.74, 6) is 0.00561. The summed E-state index contributed by atoms with van der Waals surface area (Å²) in [4.78, 5) is 44.6. The van der Waals surface area contributed by atoms with Crippen LogP contribution < -0.4 is 10.6 Å². The number of anilines is 2. The molecule has 2 N–H and O–H groups in total. The number of aromatic nitrogens is 1. The Bertz CT molecular complexity index is 1270. The number of pyridine rings is 1. The van der Waals surface area contributed by atoms with E-state index in [2.05, 4.69) is 15.6 Å². The summed E-state index contributed by atoms with van der Waals surface area (Å²) in [7, 11) is 0. The second kappa shape index (κ2) is 10.0. The lowest BCUT2D eigenvalue weighted by Crippen LogP contribution is -2.40. The van der Waals surface area contributed by atoms with Gasteiger partial charge in [0, 0.05) is 31.1 Å². The number of amides is 3. The van der Waals surface area contributed by atoms with Crippen LogP contribution in [0.15, 0.2) is 54.7 Å². The molecule has 3 aromatic rings. The third-order valence-corrected chi connectivity index (χ3v) is 7.20. The van der Waals surface area contributed by atoms with E-state index in [1.54, 1.807) is 18.2 Å². The maximum Gasteiger partial charge on any atom is 0.258 e. The van der Waals surface area contributed by atoms with Crippen LogP contribution in [0.2, 0.25) is 5.02 Å². The minimum absolute atomic E-state index is 0.0925. The Morgan fingerprint density at radius 3 is 2.37 bits per heavy atom. The largest absolute Gasteiger partial charge is 0.340 e. The van der Waals surface area contributed by atoms with Gasteiger partial charge in [0.1, 0.15) is 5.82 Å². The van der Waals surface area contributed by atoms with E-state index in [1.165, 1.54) is 6.20 Å². The zero-order valence-electron chi connectivity index (χ0n) is 19.3. The molecule has 1 aromatic heterocycles. The molecule has 2 aromatic carbocycles. The van der Waals surface area contributed by atoms with E-state index < -0.39 is 0 Å². The number of likely N-dealkylation sites (tertiary alicyclic amines) is 1. The molecule has 0 bridgehead atoms. The Balaban J connectivity index is 1.33. The monoisotopic (exact) mass is 490 g/mol. The van der Waals surface area contributed by atoms with Crippen LogP contribution in [0.5, 0.6) is 0 Å². The molecular formula is C27H27ClN4O3. The van der Waals surface area contributed by atoms with Crippen LogP contribution in [0, 0.1) is 5.92 Å². The summed E-state index contributed by atoms with van der Waals surface area (Å²) in [6, 6.07) is 14.9. The molecule has 0 unspecified atom stereocenters. The summed E-state index contributed by atoms with van der Waals surface area (Å²) in [5, 5.41) is 8.11. The number of nitrogens with one attached hydrogen (secondary N) is 2. The minimum atomic E-state index is -0.364. The number of nitrogens with zero attached hydrogens (tertiary/aromatic N) is 2. The highest BCUT2D eigenvalue weighted by Gasteiger charge is 2.33. The SMILES string of the molecule is O=C(Nc1ccc(Cl)cn1)c1cc2ccccc2cc1NC(=O)C1CCC(N2CCCC2=O)CC1. The van der Waals surface area contributed by atoms with Gasteiger partial charge in [-0.05, 0) is 67.1 Å². The fraction of sp³-hybridized carbons (Fsp3) is 0.333. The highest BCUT2D eigenvalue weighted by atomic mass is 35.5. The van der Waals surface area contributed by atoms with Gasteiger partial charge >= 0.3 is 0 Å². The average Bonchev–Trinajstić information content (AvgIpc) is 3.30. The molecule has 0 radical (unpaired) electrons. The molecular weight excluding hydrogens is 464 g/mol. The van der Waals surface area contributed by atoms with Crippen molar-refractivity contribution in [1.29, 1.82) is 0 Å². The van der Waals surface area contributed by atoms with E-state index in [1.807, 2.05) is 35.2 Å². The van der Waals surface area contributed by atoms with Crippen molar-refractivity contribution >= 4 is 51.6 Å². The molecule has 1 saturated carbocycles. The van der Waals surface area contributed by atoms with Gasteiger partial charge in [0.05, 0.1) is 16.3 Å². The Labute approximate surface area is 208 Å². The van der Waals surface area contributed by atoms with Crippen LogP contribution in [-0.2, 0) is 9.59 Å². The summed E-state index contributed by atoms with van der Waals surface area (Å²) < 4.78 is 0. The number of hydrogen-bond acceptors (Lipinski definition) is 4. The summed E-state index contributed by atoms with van der Waals surface area (Å²) >= 11 is 5.90. The molecule has 5 rings (SSSR count). The minimum Gasteiger partial charge on any atom is -0.340 e. The van der Waals surface area contributed by atoms with Gasteiger partial charge in [0.25, 0.3) is 5.91 Å². The summed E-state index contributed by atoms with van der Waals surface area (Å²) in [6.45, 7) is 0.832. The van der Waals surface area contributed by atoms with Gasteiger partial charge in [-0.2, -0.15) is 0 Å². The Hall–Kier alpha value is -3.45. The van der Waals surface area contributed by atoms with Gasteiger partial charge < -0.3 is 15.5 Å². The predicted molar refractivity (Wildman–Crippen MR) is 136 cm³/mol.